The molecule has 0 aliphatic carbocycles. The van der Waals surface area contributed by atoms with Crippen LogP contribution in [-0.4, -0.2) is 49.7 Å². The van der Waals surface area contributed by atoms with Crippen LogP contribution in [0.25, 0.3) is 0 Å². The van der Waals surface area contributed by atoms with Crippen LogP contribution in [0, 0.1) is 0 Å². The molecule has 1 saturated heterocycles. The Morgan fingerprint density at radius 2 is 1.52 bits per heavy atom. The molecule has 0 bridgehead atoms. The van der Waals surface area contributed by atoms with Crippen LogP contribution in [0.1, 0.15) is 5.56 Å². The molecule has 3 rings (SSSR count). The summed E-state index contributed by atoms with van der Waals surface area (Å²) in [6.45, 7) is 1.17. The van der Waals surface area contributed by atoms with Gasteiger partial charge in [-0.15, -0.1) is 0 Å². The van der Waals surface area contributed by atoms with Gasteiger partial charge in [-0.25, -0.2) is 8.42 Å². The van der Waals surface area contributed by atoms with Gasteiger partial charge in [-0.3, -0.25) is 4.79 Å². The predicted octanol–water partition coefficient (Wildman–Crippen LogP) is 3.83. The third-order valence-electron chi connectivity index (χ3n) is 4.33. The van der Waals surface area contributed by atoms with Gasteiger partial charge in [-0.1, -0.05) is 51.3 Å². The van der Waals surface area contributed by atoms with Crippen LogP contribution in [0.15, 0.2) is 51.8 Å². The number of hydrogen-bond acceptors (Lipinski definition) is 3. The standard InChI is InChI=1S/C18H17BrCl2N2O3S/c19-14-3-1-13(2-4-14)9-18(24)22-5-7-23(8-6-22)27(25,26)17-11-15(20)10-16(21)12-17/h1-4,10-12H,5-9H2. The number of piperazine rings is 1. The van der Waals surface area contributed by atoms with Gasteiger partial charge in [0.2, 0.25) is 15.9 Å². The molecule has 0 unspecified atom stereocenters. The highest BCUT2D eigenvalue weighted by Gasteiger charge is 2.30. The Kier molecular flexibility index (Phi) is 6.48. The molecule has 27 heavy (non-hydrogen) atoms. The monoisotopic (exact) mass is 490 g/mol. The van der Waals surface area contributed by atoms with Gasteiger partial charge in [0.05, 0.1) is 11.3 Å². The van der Waals surface area contributed by atoms with Crippen LogP contribution >= 0.6 is 39.1 Å². The number of hydrogen-bond donors (Lipinski definition) is 0. The summed E-state index contributed by atoms with van der Waals surface area (Å²) in [5, 5.41) is 0.536. The van der Waals surface area contributed by atoms with E-state index < -0.39 is 10.0 Å². The van der Waals surface area contributed by atoms with Gasteiger partial charge in [0, 0.05) is 40.7 Å². The first-order valence-electron chi connectivity index (χ1n) is 8.24. The van der Waals surface area contributed by atoms with Gasteiger partial charge in [-0.05, 0) is 35.9 Å². The molecule has 0 spiro atoms. The molecule has 1 heterocycles. The summed E-state index contributed by atoms with van der Waals surface area (Å²) in [6.07, 6.45) is 0.296. The minimum absolute atomic E-state index is 0.0137. The van der Waals surface area contributed by atoms with Gasteiger partial charge >= 0.3 is 0 Å². The Morgan fingerprint density at radius 3 is 2.07 bits per heavy atom. The van der Waals surface area contributed by atoms with Crippen LogP contribution in [0.2, 0.25) is 10.0 Å². The minimum atomic E-state index is -3.70. The number of sulfonamides is 1. The molecule has 0 atom stereocenters. The SMILES string of the molecule is O=C(Cc1ccc(Br)cc1)N1CCN(S(=O)(=O)c2cc(Cl)cc(Cl)c2)CC1. The van der Waals surface area contributed by atoms with Gasteiger partial charge in [0.1, 0.15) is 0 Å². The fourth-order valence-electron chi connectivity index (χ4n) is 2.89. The van der Waals surface area contributed by atoms with Crippen molar-refractivity contribution in [1.29, 1.82) is 0 Å². The van der Waals surface area contributed by atoms with Crippen LogP contribution in [0.4, 0.5) is 0 Å². The molecule has 5 nitrogen and oxygen atoms in total. The van der Waals surface area contributed by atoms with Crippen molar-refractivity contribution < 1.29 is 13.2 Å². The summed E-state index contributed by atoms with van der Waals surface area (Å²) >= 11 is 15.2. The molecule has 1 aliphatic rings. The number of amides is 1. The van der Waals surface area contributed by atoms with Crippen molar-refractivity contribution >= 4 is 55.1 Å². The molecule has 0 N–H and O–H groups in total. The molecule has 0 saturated carbocycles. The number of rotatable bonds is 4. The van der Waals surface area contributed by atoms with Crippen molar-refractivity contribution in [2.24, 2.45) is 0 Å². The van der Waals surface area contributed by atoms with Gasteiger partial charge in [-0.2, -0.15) is 4.31 Å². The van der Waals surface area contributed by atoms with Crippen LogP contribution < -0.4 is 0 Å². The average Bonchev–Trinajstić information content (AvgIpc) is 2.63. The van der Waals surface area contributed by atoms with Crippen molar-refractivity contribution in [3.8, 4) is 0 Å². The third kappa shape index (κ3) is 5.03. The summed E-state index contributed by atoms with van der Waals surface area (Å²) < 4.78 is 27.9. The Morgan fingerprint density at radius 1 is 0.963 bits per heavy atom. The summed E-state index contributed by atoms with van der Waals surface area (Å²) in [4.78, 5) is 14.2. The van der Waals surface area contributed by atoms with Gasteiger partial charge in [0.15, 0.2) is 0 Å². The largest absolute Gasteiger partial charge is 0.340 e. The lowest BCUT2D eigenvalue weighted by atomic mass is 10.1. The number of carbonyl (C=O) groups excluding carboxylic acids is 1. The van der Waals surface area contributed by atoms with E-state index in [2.05, 4.69) is 15.9 Å². The van der Waals surface area contributed by atoms with E-state index in [4.69, 9.17) is 23.2 Å². The first-order chi connectivity index (χ1) is 12.8. The first kappa shape index (κ1) is 20.6. The second kappa shape index (κ2) is 8.49. The maximum Gasteiger partial charge on any atom is 0.243 e. The lowest BCUT2D eigenvalue weighted by molar-refractivity contribution is -0.131. The fraction of sp³-hybridized carbons (Fsp3) is 0.278. The minimum Gasteiger partial charge on any atom is -0.340 e. The smallest absolute Gasteiger partial charge is 0.243 e. The molecule has 0 aromatic heterocycles. The van der Waals surface area contributed by atoms with Crippen LogP contribution in [0.3, 0.4) is 0 Å². The van der Waals surface area contributed by atoms with E-state index in [9.17, 15) is 13.2 Å². The van der Waals surface area contributed by atoms with E-state index in [1.807, 2.05) is 24.3 Å². The van der Waals surface area contributed by atoms with Crippen LogP contribution in [0.5, 0.6) is 0 Å². The summed E-state index contributed by atoms with van der Waals surface area (Å²) in [5.74, 6) is -0.0137. The van der Waals surface area contributed by atoms with Crippen molar-refractivity contribution in [1.82, 2.24) is 9.21 Å². The summed E-state index contributed by atoms with van der Waals surface area (Å²) in [5.41, 5.74) is 0.923. The number of nitrogens with zero attached hydrogens (tertiary/aromatic N) is 2. The molecule has 1 aliphatic heterocycles. The second-order valence-corrected chi connectivity index (χ2v) is 9.92. The zero-order chi connectivity index (χ0) is 19.6. The molecule has 1 fully saturated rings. The quantitative estimate of drug-likeness (QED) is 0.653. The Bertz CT molecular complexity index is 923. The topological polar surface area (TPSA) is 57.7 Å². The normalized spacial score (nSPS) is 15.7. The molecule has 144 valence electrons. The Balaban J connectivity index is 1.64. The van der Waals surface area contributed by atoms with Gasteiger partial charge in [0.25, 0.3) is 0 Å². The van der Waals surface area contributed by atoms with E-state index in [0.717, 1.165) is 10.0 Å². The molecular weight excluding hydrogens is 475 g/mol. The molecule has 2 aromatic rings. The maximum absolute atomic E-state index is 12.8. The summed E-state index contributed by atoms with van der Waals surface area (Å²) in [7, 11) is -3.70. The van der Waals surface area contributed by atoms with Crippen LogP contribution in [-0.2, 0) is 21.2 Å². The zero-order valence-electron chi connectivity index (χ0n) is 14.2. The van der Waals surface area contributed by atoms with E-state index >= 15 is 0 Å². The van der Waals surface area contributed by atoms with Gasteiger partial charge < -0.3 is 4.90 Å². The zero-order valence-corrected chi connectivity index (χ0v) is 18.2. The Hall–Kier alpha value is -1.12. The highest BCUT2D eigenvalue weighted by atomic mass is 79.9. The lowest BCUT2D eigenvalue weighted by Crippen LogP contribution is -2.50. The highest BCUT2D eigenvalue weighted by Crippen LogP contribution is 2.25. The lowest BCUT2D eigenvalue weighted by Gasteiger charge is -2.34. The highest BCUT2D eigenvalue weighted by molar-refractivity contribution is 9.10. The molecule has 0 radical (unpaired) electrons. The van der Waals surface area contributed by atoms with Crippen molar-refractivity contribution in [2.45, 2.75) is 11.3 Å². The average molecular weight is 492 g/mol. The predicted molar refractivity (Wildman–Crippen MR) is 110 cm³/mol. The van der Waals surface area contributed by atoms with Crippen molar-refractivity contribution in [3.63, 3.8) is 0 Å². The second-order valence-electron chi connectivity index (χ2n) is 6.19. The number of benzene rings is 2. The van der Waals surface area contributed by atoms with E-state index in [1.54, 1.807) is 4.90 Å². The molecule has 1 amide bonds. The number of carbonyl (C=O) groups is 1. The first-order valence-corrected chi connectivity index (χ1v) is 11.2. The number of halogens is 3. The van der Waals surface area contributed by atoms with Crippen molar-refractivity contribution in [2.75, 3.05) is 26.2 Å². The van der Waals surface area contributed by atoms with Crippen molar-refractivity contribution in [3.05, 3.63) is 62.5 Å². The summed E-state index contributed by atoms with van der Waals surface area (Å²) in [6, 6.07) is 11.8. The molecular formula is C18H17BrCl2N2O3S. The molecule has 2 aromatic carbocycles. The van der Waals surface area contributed by atoms with E-state index in [0.29, 0.717) is 19.5 Å². The molecule has 9 heteroatoms. The third-order valence-corrected chi connectivity index (χ3v) is 7.18. The fourth-order valence-corrected chi connectivity index (χ4v) is 5.31. The Labute approximate surface area is 177 Å². The van der Waals surface area contributed by atoms with E-state index in [-0.39, 0.29) is 33.9 Å². The van der Waals surface area contributed by atoms with E-state index in [1.165, 1.54) is 22.5 Å². The maximum atomic E-state index is 12.8.